The third-order valence-corrected chi connectivity index (χ3v) is 4.95. The molecule has 1 heterocycles. The number of carboxylic acid groups (broad SMARTS) is 1. The van der Waals surface area contributed by atoms with E-state index in [1.165, 1.54) is 4.90 Å². The number of carboxylic acids is 1. The molecular formula is C22H24N2O4. The van der Waals surface area contributed by atoms with Gasteiger partial charge >= 0.3 is 5.97 Å². The summed E-state index contributed by atoms with van der Waals surface area (Å²) in [6.45, 7) is 1.87. The Morgan fingerprint density at radius 2 is 1.93 bits per heavy atom. The van der Waals surface area contributed by atoms with Crippen molar-refractivity contribution in [3.8, 4) is 0 Å². The Bertz CT molecular complexity index is 894. The number of hydrogen-bond donors (Lipinski definition) is 2. The number of carbonyl (C=O) groups excluding carboxylic acids is 2. The normalized spacial score (nSPS) is 14.3. The molecule has 146 valence electrons. The van der Waals surface area contributed by atoms with Gasteiger partial charge in [-0.25, -0.2) is 0 Å². The van der Waals surface area contributed by atoms with Crippen molar-refractivity contribution in [3.05, 3.63) is 65.2 Å². The second-order valence-electron chi connectivity index (χ2n) is 7.14. The molecule has 2 aromatic rings. The lowest BCUT2D eigenvalue weighted by molar-refractivity contribution is -0.141. The SMILES string of the molecule is Cc1cccc(CC(CNC(=O)CN2C(=O)CCc3ccccc32)C(=O)O)c1. The smallest absolute Gasteiger partial charge is 0.308 e. The molecule has 0 bridgehead atoms. The van der Waals surface area contributed by atoms with Crippen LogP contribution in [0.1, 0.15) is 23.1 Å². The number of aryl methyl sites for hydroxylation is 2. The van der Waals surface area contributed by atoms with Gasteiger partial charge in [0.25, 0.3) is 0 Å². The summed E-state index contributed by atoms with van der Waals surface area (Å²) >= 11 is 0. The summed E-state index contributed by atoms with van der Waals surface area (Å²) in [5, 5.41) is 12.2. The lowest BCUT2D eigenvalue weighted by Gasteiger charge is -2.29. The summed E-state index contributed by atoms with van der Waals surface area (Å²) in [6, 6.07) is 15.2. The summed E-state index contributed by atoms with van der Waals surface area (Å²) in [5.41, 5.74) is 3.77. The lowest BCUT2D eigenvalue weighted by Crippen LogP contribution is -2.44. The highest BCUT2D eigenvalue weighted by atomic mass is 16.4. The minimum atomic E-state index is -0.957. The van der Waals surface area contributed by atoms with Crippen LogP contribution in [0.25, 0.3) is 0 Å². The van der Waals surface area contributed by atoms with Gasteiger partial charge in [-0.1, -0.05) is 48.0 Å². The van der Waals surface area contributed by atoms with Crippen molar-refractivity contribution in [1.82, 2.24) is 5.32 Å². The van der Waals surface area contributed by atoms with E-state index < -0.39 is 11.9 Å². The number of carbonyl (C=O) groups is 3. The lowest BCUT2D eigenvalue weighted by atomic mass is 9.98. The van der Waals surface area contributed by atoms with E-state index in [1.807, 2.05) is 55.5 Å². The maximum atomic E-state index is 12.4. The van der Waals surface area contributed by atoms with E-state index in [2.05, 4.69) is 5.32 Å². The van der Waals surface area contributed by atoms with Crippen LogP contribution in [0.4, 0.5) is 5.69 Å². The van der Waals surface area contributed by atoms with Crippen LogP contribution in [0.5, 0.6) is 0 Å². The molecule has 1 unspecified atom stereocenters. The largest absolute Gasteiger partial charge is 0.481 e. The van der Waals surface area contributed by atoms with Gasteiger partial charge in [0, 0.05) is 18.7 Å². The average Bonchev–Trinajstić information content (AvgIpc) is 2.67. The number of nitrogens with zero attached hydrogens (tertiary/aromatic N) is 1. The van der Waals surface area contributed by atoms with E-state index in [9.17, 15) is 19.5 Å². The van der Waals surface area contributed by atoms with Crippen molar-refractivity contribution in [2.75, 3.05) is 18.0 Å². The minimum Gasteiger partial charge on any atom is -0.481 e. The van der Waals surface area contributed by atoms with Gasteiger partial charge in [0.05, 0.1) is 5.92 Å². The number of benzene rings is 2. The molecule has 0 fully saturated rings. The van der Waals surface area contributed by atoms with Gasteiger partial charge in [-0.2, -0.15) is 0 Å². The molecule has 1 atom stereocenters. The number of anilines is 1. The molecule has 28 heavy (non-hydrogen) atoms. The molecule has 2 amide bonds. The highest BCUT2D eigenvalue weighted by molar-refractivity contribution is 6.01. The molecule has 2 N–H and O–H groups in total. The Morgan fingerprint density at radius 1 is 1.14 bits per heavy atom. The van der Waals surface area contributed by atoms with Crippen LogP contribution < -0.4 is 10.2 Å². The van der Waals surface area contributed by atoms with Crippen LogP contribution in [-0.2, 0) is 27.2 Å². The molecule has 0 saturated carbocycles. The van der Waals surface area contributed by atoms with E-state index in [0.29, 0.717) is 19.3 Å². The second-order valence-corrected chi connectivity index (χ2v) is 7.14. The highest BCUT2D eigenvalue weighted by Crippen LogP contribution is 2.27. The van der Waals surface area contributed by atoms with Crippen molar-refractivity contribution in [1.29, 1.82) is 0 Å². The van der Waals surface area contributed by atoms with Crippen LogP contribution in [-0.4, -0.2) is 36.0 Å². The van der Waals surface area contributed by atoms with Gasteiger partial charge in [-0.05, 0) is 37.0 Å². The molecule has 0 aromatic heterocycles. The molecule has 1 aliphatic heterocycles. The van der Waals surface area contributed by atoms with Gasteiger partial charge in [0.15, 0.2) is 0 Å². The average molecular weight is 380 g/mol. The predicted octanol–water partition coefficient (Wildman–Crippen LogP) is 2.33. The van der Waals surface area contributed by atoms with Gasteiger partial charge in [0.2, 0.25) is 11.8 Å². The van der Waals surface area contributed by atoms with Crippen LogP contribution in [0.3, 0.4) is 0 Å². The minimum absolute atomic E-state index is 0.0196. The van der Waals surface area contributed by atoms with Crippen LogP contribution in [0, 0.1) is 12.8 Å². The quantitative estimate of drug-likeness (QED) is 0.772. The summed E-state index contributed by atoms with van der Waals surface area (Å²) in [4.78, 5) is 37.7. The summed E-state index contributed by atoms with van der Waals surface area (Å²) < 4.78 is 0. The fourth-order valence-corrected chi connectivity index (χ4v) is 3.48. The number of nitrogens with one attached hydrogen (secondary N) is 1. The molecule has 0 saturated heterocycles. The van der Waals surface area contributed by atoms with Gasteiger partial charge < -0.3 is 15.3 Å². The first kappa shape index (κ1) is 19.6. The number of hydrogen-bond acceptors (Lipinski definition) is 3. The third-order valence-electron chi connectivity index (χ3n) is 4.95. The zero-order valence-electron chi connectivity index (χ0n) is 15.9. The third kappa shape index (κ3) is 4.76. The number of amides is 2. The summed E-state index contributed by atoms with van der Waals surface area (Å²) in [7, 11) is 0. The molecule has 0 spiro atoms. The zero-order valence-corrected chi connectivity index (χ0v) is 15.9. The van der Waals surface area contributed by atoms with E-state index in [1.54, 1.807) is 0 Å². The first-order chi connectivity index (χ1) is 13.4. The number of para-hydroxylation sites is 1. The fraction of sp³-hybridized carbons (Fsp3) is 0.318. The van der Waals surface area contributed by atoms with E-state index >= 15 is 0 Å². The Morgan fingerprint density at radius 3 is 2.68 bits per heavy atom. The Labute approximate surface area is 164 Å². The maximum absolute atomic E-state index is 12.4. The van der Waals surface area contributed by atoms with E-state index in [0.717, 1.165) is 22.4 Å². The molecule has 0 aliphatic carbocycles. The topological polar surface area (TPSA) is 86.7 Å². The number of fused-ring (bicyclic) bond motifs is 1. The molecule has 6 nitrogen and oxygen atoms in total. The molecule has 6 heteroatoms. The van der Waals surface area contributed by atoms with Gasteiger partial charge in [-0.3, -0.25) is 14.4 Å². The molecule has 1 aliphatic rings. The Kier molecular flexibility index (Phi) is 6.09. The van der Waals surface area contributed by atoms with Crippen molar-refractivity contribution in [3.63, 3.8) is 0 Å². The monoisotopic (exact) mass is 380 g/mol. The van der Waals surface area contributed by atoms with Crippen LogP contribution in [0.15, 0.2) is 48.5 Å². The Balaban J connectivity index is 1.61. The van der Waals surface area contributed by atoms with Crippen molar-refractivity contribution in [2.24, 2.45) is 5.92 Å². The molecule has 2 aromatic carbocycles. The molecular weight excluding hydrogens is 356 g/mol. The van der Waals surface area contributed by atoms with Crippen molar-refractivity contribution >= 4 is 23.5 Å². The van der Waals surface area contributed by atoms with Crippen LogP contribution >= 0.6 is 0 Å². The molecule has 3 rings (SSSR count). The van der Waals surface area contributed by atoms with E-state index in [-0.39, 0.29) is 24.9 Å². The van der Waals surface area contributed by atoms with Crippen molar-refractivity contribution in [2.45, 2.75) is 26.2 Å². The number of rotatable bonds is 7. The highest BCUT2D eigenvalue weighted by Gasteiger charge is 2.26. The van der Waals surface area contributed by atoms with Gasteiger partial charge in [-0.15, -0.1) is 0 Å². The summed E-state index contributed by atoms with van der Waals surface area (Å²) in [6.07, 6.45) is 1.38. The van der Waals surface area contributed by atoms with E-state index in [4.69, 9.17) is 0 Å². The van der Waals surface area contributed by atoms with Crippen molar-refractivity contribution < 1.29 is 19.5 Å². The number of aliphatic carboxylic acids is 1. The Hall–Kier alpha value is -3.15. The van der Waals surface area contributed by atoms with Crippen LogP contribution in [0.2, 0.25) is 0 Å². The molecule has 0 radical (unpaired) electrons. The zero-order chi connectivity index (χ0) is 20.1. The fourth-order valence-electron chi connectivity index (χ4n) is 3.48. The maximum Gasteiger partial charge on any atom is 0.308 e. The standard InChI is InChI=1S/C22H24N2O4/c1-15-5-4-6-16(11-15)12-18(22(27)28)13-23-20(25)14-24-19-8-3-2-7-17(19)9-10-21(24)26/h2-8,11,18H,9-10,12-14H2,1H3,(H,23,25)(H,27,28). The summed E-state index contributed by atoms with van der Waals surface area (Å²) in [5.74, 6) is -2.14. The predicted molar refractivity (Wildman–Crippen MR) is 106 cm³/mol. The van der Waals surface area contributed by atoms with Gasteiger partial charge in [0.1, 0.15) is 6.54 Å². The first-order valence-electron chi connectivity index (χ1n) is 9.37. The first-order valence-corrected chi connectivity index (χ1v) is 9.37. The second kappa shape index (κ2) is 8.69.